The lowest BCUT2D eigenvalue weighted by Crippen LogP contribution is -2.19. The average molecular weight is 278 g/mol. The largest absolute Gasteiger partial charge is 0.369 e. The number of hydrogen-bond donors (Lipinski definition) is 1. The fourth-order valence-corrected chi connectivity index (χ4v) is 3.45. The van der Waals surface area contributed by atoms with E-state index in [1.54, 1.807) is 0 Å². The Morgan fingerprint density at radius 3 is 2.74 bits per heavy atom. The molecular weight excluding hydrogens is 258 g/mol. The Morgan fingerprint density at radius 2 is 2.05 bits per heavy atom. The van der Waals surface area contributed by atoms with E-state index in [0.29, 0.717) is 12.0 Å². The maximum absolute atomic E-state index is 6.11. The second-order valence-corrected chi connectivity index (χ2v) is 5.99. The summed E-state index contributed by atoms with van der Waals surface area (Å²) in [7, 11) is 0. The Labute approximate surface area is 118 Å². The Morgan fingerprint density at radius 1 is 1.32 bits per heavy atom. The second kappa shape index (κ2) is 5.04. The minimum Gasteiger partial charge on any atom is -0.369 e. The lowest BCUT2D eigenvalue weighted by atomic mass is 9.84. The van der Waals surface area contributed by atoms with Crippen LogP contribution in [-0.2, 0) is 0 Å². The van der Waals surface area contributed by atoms with Gasteiger partial charge in [0.15, 0.2) is 0 Å². The summed E-state index contributed by atoms with van der Waals surface area (Å²) in [6, 6.07) is 6.27. The summed E-state index contributed by atoms with van der Waals surface area (Å²) < 4.78 is 2.19. The van der Waals surface area contributed by atoms with Crippen molar-refractivity contribution in [1.82, 2.24) is 9.55 Å². The number of fused-ring (bicyclic) bond motifs is 1. The first-order chi connectivity index (χ1) is 9.19. The van der Waals surface area contributed by atoms with Crippen LogP contribution in [0.2, 0.25) is 5.02 Å². The highest BCUT2D eigenvalue weighted by Gasteiger charge is 2.24. The lowest BCUT2D eigenvalue weighted by molar-refractivity contribution is 0.275. The molecule has 0 bridgehead atoms. The zero-order valence-electron chi connectivity index (χ0n) is 11.3. The minimum absolute atomic E-state index is 0.478. The highest BCUT2D eigenvalue weighted by atomic mass is 35.5. The molecule has 1 heterocycles. The smallest absolute Gasteiger partial charge is 0.201 e. The summed E-state index contributed by atoms with van der Waals surface area (Å²) in [5.41, 5.74) is 8.13. The molecule has 0 atom stereocenters. The number of imidazole rings is 1. The standard InChI is InChI=1S/C15H20ClN3/c1-2-10-3-6-12(7-4-10)19-14-9-11(16)5-8-13(14)18-15(19)17/h5,8-10,12H,2-4,6-7H2,1H3,(H2,17,18). The molecule has 0 spiro atoms. The molecule has 3 nitrogen and oxygen atoms in total. The summed E-state index contributed by atoms with van der Waals surface area (Å²) in [6.07, 6.45) is 6.27. The fraction of sp³-hybridized carbons (Fsp3) is 0.533. The van der Waals surface area contributed by atoms with Crippen LogP contribution in [0.3, 0.4) is 0 Å². The molecule has 1 saturated carbocycles. The number of rotatable bonds is 2. The molecule has 1 fully saturated rings. The normalized spacial score (nSPS) is 23.9. The molecule has 4 heteroatoms. The number of benzene rings is 1. The molecule has 0 radical (unpaired) electrons. The van der Waals surface area contributed by atoms with Crippen LogP contribution >= 0.6 is 11.6 Å². The molecule has 2 aromatic rings. The zero-order valence-corrected chi connectivity index (χ0v) is 12.0. The van der Waals surface area contributed by atoms with Gasteiger partial charge in [0.25, 0.3) is 0 Å². The lowest BCUT2D eigenvalue weighted by Gasteiger charge is -2.29. The first kappa shape index (κ1) is 12.8. The Hall–Kier alpha value is -1.22. The van der Waals surface area contributed by atoms with Gasteiger partial charge in [-0.2, -0.15) is 0 Å². The van der Waals surface area contributed by atoms with Gasteiger partial charge in [0.1, 0.15) is 0 Å². The van der Waals surface area contributed by atoms with E-state index in [2.05, 4.69) is 16.5 Å². The molecular formula is C15H20ClN3. The molecule has 1 aromatic heterocycles. The van der Waals surface area contributed by atoms with Gasteiger partial charge in [-0.1, -0.05) is 24.9 Å². The van der Waals surface area contributed by atoms with Crippen molar-refractivity contribution in [3.63, 3.8) is 0 Å². The van der Waals surface area contributed by atoms with E-state index in [9.17, 15) is 0 Å². The highest BCUT2D eigenvalue weighted by Crippen LogP contribution is 2.37. The van der Waals surface area contributed by atoms with Crippen molar-refractivity contribution in [2.45, 2.75) is 45.1 Å². The van der Waals surface area contributed by atoms with Crippen molar-refractivity contribution >= 4 is 28.6 Å². The predicted molar refractivity (Wildman–Crippen MR) is 80.4 cm³/mol. The van der Waals surface area contributed by atoms with E-state index in [0.717, 1.165) is 22.0 Å². The van der Waals surface area contributed by atoms with Gasteiger partial charge < -0.3 is 10.3 Å². The number of hydrogen-bond acceptors (Lipinski definition) is 2. The minimum atomic E-state index is 0.478. The number of aromatic nitrogens is 2. The van der Waals surface area contributed by atoms with Crippen LogP contribution in [-0.4, -0.2) is 9.55 Å². The Balaban J connectivity index is 1.96. The molecule has 1 aliphatic carbocycles. The molecule has 0 aliphatic heterocycles. The van der Waals surface area contributed by atoms with E-state index < -0.39 is 0 Å². The monoisotopic (exact) mass is 277 g/mol. The van der Waals surface area contributed by atoms with E-state index in [-0.39, 0.29) is 0 Å². The van der Waals surface area contributed by atoms with Crippen LogP contribution in [0.15, 0.2) is 18.2 Å². The fourth-order valence-electron chi connectivity index (χ4n) is 3.28. The van der Waals surface area contributed by atoms with Crippen molar-refractivity contribution in [2.75, 3.05) is 5.73 Å². The number of anilines is 1. The third-order valence-electron chi connectivity index (χ3n) is 4.44. The van der Waals surface area contributed by atoms with Crippen LogP contribution in [0.25, 0.3) is 11.0 Å². The summed E-state index contributed by atoms with van der Waals surface area (Å²) in [5.74, 6) is 1.51. The van der Waals surface area contributed by atoms with E-state index in [4.69, 9.17) is 17.3 Å². The molecule has 1 aromatic carbocycles. The molecule has 2 N–H and O–H groups in total. The topological polar surface area (TPSA) is 43.8 Å². The third-order valence-corrected chi connectivity index (χ3v) is 4.67. The van der Waals surface area contributed by atoms with Crippen molar-refractivity contribution in [3.8, 4) is 0 Å². The Kier molecular flexibility index (Phi) is 3.40. The SMILES string of the molecule is CCC1CCC(n2c(N)nc3ccc(Cl)cc32)CC1. The van der Waals surface area contributed by atoms with Gasteiger partial charge in [-0.05, 0) is 49.8 Å². The summed E-state index contributed by atoms with van der Waals surface area (Å²) in [5, 5.41) is 0.746. The molecule has 1 aliphatic rings. The van der Waals surface area contributed by atoms with E-state index in [1.165, 1.54) is 32.1 Å². The van der Waals surface area contributed by atoms with Gasteiger partial charge in [-0.3, -0.25) is 0 Å². The average Bonchev–Trinajstić information content (AvgIpc) is 2.74. The van der Waals surface area contributed by atoms with Crippen LogP contribution in [0, 0.1) is 5.92 Å². The van der Waals surface area contributed by atoms with E-state index in [1.807, 2.05) is 18.2 Å². The molecule has 0 saturated heterocycles. The maximum Gasteiger partial charge on any atom is 0.201 e. The number of nitrogens with two attached hydrogens (primary N) is 1. The van der Waals surface area contributed by atoms with Crippen molar-refractivity contribution in [3.05, 3.63) is 23.2 Å². The number of nitrogen functional groups attached to an aromatic ring is 1. The van der Waals surface area contributed by atoms with Gasteiger partial charge in [-0.15, -0.1) is 0 Å². The molecule has 0 amide bonds. The van der Waals surface area contributed by atoms with Gasteiger partial charge in [0.05, 0.1) is 11.0 Å². The van der Waals surface area contributed by atoms with Crippen molar-refractivity contribution in [2.24, 2.45) is 5.92 Å². The first-order valence-electron chi connectivity index (χ1n) is 7.12. The molecule has 19 heavy (non-hydrogen) atoms. The van der Waals surface area contributed by atoms with Gasteiger partial charge in [0.2, 0.25) is 5.95 Å². The summed E-state index contributed by atoms with van der Waals surface area (Å²) >= 11 is 6.10. The van der Waals surface area contributed by atoms with Crippen molar-refractivity contribution < 1.29 is 0 Å². The maximum atomic E-state index is 6.11. The van der Waals surface area contributed by atoms with Crippen LogP contribution < -0.4 is 5.73 Å². The quantitative estimate of drug-likeness (QED) is 0.883. The van der Waals surface area contributed by atoms with Crippen LogP contribution in [0.4, 0.5) is 5.95 Å². The van der Waals surface area contributed by atoms with Gasteiger partial charge in [-0.25, -0.2) is 4.98 Å². The van der Waals surface area contributed by atoms with Crippen LogP contribution in [0.1, 0.15) is 45.1 Å². The summed E-state index contributed by atoms with van der Waals surface area (Å²) in [6.45, 7) is 2.28. The molecule has 102 valence electrons. The predicted octanol–water partition coefficient (Wildman–Crippen LogP) is 4.41. The number of nitrogens with zero attached hydrogens (tertiary/aromatic N) is 2. The van der Waals surface area contributed by atoms with Gasteiger partial charge in [0, 0.05) is 11.1 Å². The molecule has 3 rings (SSSR count). The molecule has 0 unspecified atom stereocenters. The van der Waals surface area contributed by atoms with Crippen LogP contribution in [0.5, 0.6) is 0 Å². The first-order valence-corrected chi connectivity index (χ1v) is 7.49. The highest BCUT2D eigenvalue weighted by molar-refractivity contribution is 6.31. The number of halogens is 1. The third kappa shape index (κ3) is 2.32. The second-order valence-electron chi connectivity index (χ2n) is 5.56. The Bertz CT molecular complexity index is 582. The van der Waals surface area contributed by atoms with E-state index >= 15 is 0 Å². The zero-order chi connectivity index (χ0) is 13.4. The van der Waals surface area contributed by atoms with Gasteiger partial charge >= 0.3 is 0 Å². The van der Waals surface area contributed by atoms with Crippen molar-refractivity contribution in [1.29, 1.82) is 0 Å². The summed E-state index contributed by atoms with van der Waals surface area (Å²) in [4.78, 5) is 4.45.